The lowest BCUT2D eigenvalue weighted by Crippen LogP contribution is -2.11. The molecule has 0 atom stereocenters. The summed E-state index contributed by atoms with van der Waals surface area (Å²) in [6, 6.07) is 13.5. The highest BCUT2D eigenvalue weighted by molar-refractivity contribution is 7.80. The minimum absolute atomic E-state index is 0.105. The summed E-state index contributed by atoms with van der Waals surface area (Å²) in [6.45, 7) is -2.83. The molecule has 0 bridgehead atoms. The zero-order valence-corrected chi connectivity index (χ0v) is 11.2. The van der Waals surface area contributed by atoms with Crippen LogP contribution in [0, 0.1) is 0 Å². The summed E-state index contributed by atoms with van der Waals surface area (Å²) in [4.78, 5) is 0.283. The predicted molar refractivity (Wildman–Crippen MR) is 78.7 cm³/mol. The molecule has 2 rings (SSSR count). The molecule has 0 aliphatic carbocycles. The number of thiocarbonyl (C=S) groups is 1. The van der Waals surface area contributed by atoms with Gasteiger partial charge >= 0.3 is 6.61 Å². The number of alkyl halides is 2. The van der Waals surface area contributed by atoms with E-state index >= 15 is 0 Å². The zero-order chi connectivity index (χ0) is 14.5. The van der Waals surface area contributed by atoms with Crippen molar-refractivity contribution in [2.75, 3.05) is 5.32 Å². The van der Waals surface area contributed by atoms with Gasteiger partial charge in [0.1, 0.15) is 10.7 Å². The Balaban J connectivity index is 2.16. The number of anilines is 2. The van der Waals surface area contributed by atoms with Crippen molar-refractivity contribution in [3.63, 3.8) is 0 Å². The van der Waals surface area contributed by atoms with Gasteiger partial charge in [-0.1, -0.05) is 24.4 Å². The standard InChI is InChI=1S/C14H12F2N2OS/c15-14(16)19-10-7-5-9(6-8-10)18-12-4-2-1-3-11(12)13(17)20/h1-8,14,18H,(H2,17,20). The average Bonchev–Trinajstić information content (AvgIpc) is 2.41. The molecule has 2 aromatic carbocycles. The van der Waals surface area contributed by atoms with Crippen LogP contribution in [0.4, 0.5) is 20.2 Å². The SMILES string of the molecule is NC(=S)c1ccccc1Nc1ccc(OC(F)F)cc1. The molecule has 0 unspecified atom stereocenters. The van der Waals surface area contributed by atoms with Gasteiger partial charge in [-0.15, -0.1) is 0 Å². The van der Waals surface area contributed by atoms with Crippen molar-refractivity contribution in [2.45, 2.75) is 6.61 Å². The molecule has 0 aromatic heterocycles. The van der Waals surface area contributed by atoms with Crippen molar-refractivity contribution in [1.29, 1.82) is 0 Å². The van der Waals surface area contributed by atoms with E-state index in [1.54, 1.807) is 18.2 Å². The number of halogens is 2. The average molecular weight is 294 g/mol. The lowest BCUT2D eigenvalue weighted by molar-refractivity contribution is -0.0498. The Morgan fingerprint density at radius 3 is 2.35 bits per heavy atom. The van der Waals surface area contributed by atoms with Crippen molar-refractivity contribution < 1.29 is 13.5 Å². The first kappa shape index (κ1) is 14.2. The van der Waals surface area contributed by atoms with Crippen LogP contribution in [0.1, 0.15) is 5.56 Å². The van der Waals surface area contributed by atoms with E-state index in [0.29, 0.717) is 0 Å². The fraction of sp³-hybridized carbons (Fsp3) is 0.0714. The Morgan fingerprint density at radius 1 is 1.10 bits per heavy atom. The number of para-hydroxylation sites is 1. The van der Waals surface area contributed by atoms with Gasteiger partial charge in [0.25, 0.3) is 0 Å². The minimum Gasteiger partial charge on any atom is -0.435 e. The molecule has 0 fully saturated rings. The van der Waals surface area contributed by atoms with E-state index in [-0.39, 0.29) is 10.7 Å². The van der Waals surface area contributed by atoms with E-state index in [9.17, 15) is 8.78 Å². The van der Waals surface area contributed by atoms with Crippen molar-refractivity contribution in [3.8, 4) is 5.75 Å². The van der Waals surface area contributed by atoms with Gasteiger partial charge in [0.2, 0.25) is 0 Å². The third kappa shape index (κ3) is 3.64. The van der Waals surface area contributed by atoms with E-state index < -0.39 is 6.61 Å². The van der Waals surface area contributed by atoms with Crippen LogP contribution in [-0.2, 0) is 0 Å². The van der Waals surface area contributed by atoms with Crippen LogP contribution in [0.15, 0.2) is 48.5 Å². The highest BCUT2D eigenvalue weighted by atomic mass is 32.1. The normalized spacial score (nSPS) is 10.3. The summed E-state index contributed by atoms with van der Waals surface area (Å²) in [5.74, 6) is 0.105. The van der Waals surface area contributed by atoms with Crippen LogP contribution >= 0.6 is 12.2 Å². The Hall–Kier alpha value is -2.21. The van der Waals surface area contributed by atoms with Crippen LogP contribution in [-0.4, -0.2) is 11.6 Å². The summed E-state index contributed by atoms with van der Waals surface area (Å²) in [5.41, 5.74) is 7.82. The molecule has 0 amide bonds. The second-order valence-electron chi connectivity index (χ2n) is 3.94. The lowest BCUT2D eigenvalue weighted by atomic mass is 10.1. The second-order valence-corrected chi connectivity index (χ2v) is 4.38. The summed E-state index contributed by atoms with van der Waals surface area (Å²) in [7, 11) is 0. The minimum atomic E-state index is -2.83. The third-order valence-electron chi connectivity index (χ3n) is 2.55. The van der Waals surface area contributed by atoms with Crippen molar-refractivity contribution in [3.05, 3.63) is 54.1 Å². The Morgan fingerprint density at radius 2 is 1.75 bits per heavy atom. The molecule has 20 heavy (non-hydrogen) atoms. The molecule has 104 valence electrons. The van der Waals surface area contributed by atoms with E-state index in [1.807, 2.05) is 18.2 Å². The summed E-state index contributed by atoms with van der Waals surface area (Å²) < 4.78 is 28.4. The number of ether oxygens (including phenoxy) is 1. The van der Waals surface area contributed by atoms with Gasteiger partial charge in [-0.25, -0.2) is 0 Å². The second kappa shape index (κ2) is 6.29. The van der Waals surface area contributed by atoms with Gasteiger partial charge in [-0.05, 0) is 36.4 Å². The Kier molecular flexibility index (Phi) is 4.47. The molecule has 0 aliphatic rings. The number of nitrogens with two attached hydrogens (primary N) is 1. The first-order chi connectivity index (χ1) is 9.56. The van der Waals surface area contributed by atoms with E-state index in [1.165, 1.54) is 12.1 Å². The van der Waals surface area contributed by atoms with Gasteiger partial charge in [0.05, 0.1) is 0 Å². The number of hydrogen-bond donors (Lipinski definition) is 2. The van der Waals surface area contributed by atoms with Gasteiger partial charge < -0.3 is 15.8 Å². The van der Waals surface area contributed by atoms with Crippen LogP contribution < -0.4 is 15.8 Å². The molecular weight excluding hydrogens is 282 g/mol. The highest BCUT2D eigenvalue weighted by Crippen LogP contribution is 2.23. The first-order valence-corrected chi connectivity index (χ1v) is 6.18. The lowest BCUT2D eigenvalue weighted by Gasteiger charge is -2.11. The third-order valence-corrected chi connectivity index (χ3v) is 2.77. The smallest absolute Gasteiger partial charge is 0.387 e. The van der Waals surface area contributed by atoms with Crippen LogP contribution in [0.3, 0.4) is 0 Å². The fourth-order valence-corrected chi connectivity index (χ4v) is 1.86. The Bertz CT molecular complexity index is 602. The van der Waals surface area contributed by atoms with E-state index in [4.69, 9.17) is 18.0 Å². The maximum Gasteiger partial charge on any atom is 0.387 e. The van der Waals surface area contributed by atoms with Gasteiger partial charge in [0.15, 0.2) is 0 Å². The van der Waals surface area contributed by atoms with Crippen LogP contribution in [0.25, 0.3) is 0 Å². The fourth-order valence-electron chi connectivity index (χ4n) is 1.68. The van der Waals surface area contributed by atoms with Gasteiger partial charge in [-0.2, -0.15) is 8.78 Å². The number of hydrogen-bond acceptors (Lipinski definition) is 3. The summed E-state index contributed by atoms with van der Waals surface area (Å²) >= 11 is 4.97. The number of rotatable bonds is 5. The molecule has 2 aromatic rings. The van der Waals surface area contributed by atoms with E-state index in [2.05, 4.69) is 10.1 Å². The Labute approximate surface area is 120 Å². The summed E-state index contributed by atoms with van der Waals surface area (Å²) in [6.07, 6.45) is 0. The quantitative estimate of drug-likeness (QED) is 0.826. The first-order valence-electron chi connectivity index (χ1n) is 5.77. The van der Waals surface area contributed by atoms with Crippen molar-refractivity contribution >= 4 is 28.6 Å². The number of nitrogens with one attached hydrogen (secondary N) is 1. The molecule has 0 aliphatic heterocycles. The molecule has 0 radical (unpaired) electrons. The molecule has 0 spiro atoms. The monoisotopic (exact) mass is 294 g/mol. The zero-order valence-electron chi connectivity index (χ0n) is 10.3. The van der Waals surface area contributed by atoms with Gasteiger partial charge in [0, 0.05) is 16.9 Å². The molecule has 6 heteroatoms. The summed E-state index contributed by atoms with van der Waals surface area (Å²) in [5, 5.41) is 3.12. The molecule has 0 saturated carbocycles. The predicted octanol–water partition coefficient (Wildman–Crippen LogP) is 3.67. The topological polar surface area (TPSA) is 47.3 Å². The van der Waals surface area contributed by atoms with Crippen LogP contribution in [0.2, 0.25) is 0 Å². The maximum atomic E-state index is 12.0. The molecule has 3 nitrogen and oxygen atoms in total. The molecular formula is C14H12F2N2OS. The number of benzene rings is 2. The molecule has 0 saturated heterocycles. The molecule has 0 heterocycles. The largest absolute Gasteiger partial charge is 0.435 e. The van der Waals surface area contributed by atoms with Crippen molar-refractivity contribution in [2.24, 2.45) is 5.73 Å². The molecule has 3 N–H and O–H groups in total. The van der Waals surface area contributed by atoms with Crippen LogP contribution in [0.5, 0.6) is 5.75 Å². The highest BCUT2D eigenvalue weighted by Gasteiger charge is 2.06. The van der Waals surface area contributed by atoms with Gasteiger partial charge in [-0.3, -0.25) is 0 Å². The van der Waals surface area contributed by atoms with E-state index in [0.717, 1.165) is 16.9 Å². The maximum absolute atomic E-state index is 12.0. The van der Waals surface area contributed by atoms with Crippen molar-refractivity contribution in [1.82, 2.24) is 0 Å².